The van der Waals surface area contributed by atoms with E-state index in [9.17, 15) is 14.8 Å². The number of aromatic nitrogens is 2. The van der Waals surface area contributed by atoms with Crippen molar-refractivity contribution >= 4 is 35.4 Å². The van der Waals surface area contributed by atoms with Gasteiger partial charge in [0.1, 0.15) is 5.56 Å². The monoisotopic (exact) mass is 272 g/mol. The zero-order chi connectivity index (χ0) is 13.7. The number of carbonyl (C=O) groups is 2. The fraction of sp³-hybridized carbons (Fsp3) is 0.300. The Kier molecular flexibility index (Phi) is 4.73. The van der Waals surface area contributed by atoms with Gasteiger partial charge in [0.05, 0.1) is 12.8 Å². The lowest BCUT2D eigenvalue weighted by atomic mass is 10.2. The molecule has 0 aliphatic carbocycles. The Morgan fingerprint density at radius 1 is 1.61 bits per heavy atom. The van der Waals surface area contributed by atoms with Gasteiger partial charge >= 0.3 is 17.1 Å². The molecule has 7 nitrogen and oxygen atoms in total. The Labute approximate surface area is 108 Å². The molecule has 18 heavy (non-hydrogen) atoms. The number of halogens is 1. The molecule has 0 radical (unpaired) electrons. The van der Waals surface area contributed by atoms with Gasteiger partial charge in [-0.3, -0.25) is 4.79 Å². The molecule has 1 aromatic rings. The normalized spacial score (nSPS) is 11.2. The van der Waals surface area contributed by atoms with Crippen LogP contribution in [0.4, 0.5) is 5.82 Å². The van der Waals surface area contributed by atoms with E-state index in [0.29, 0.717) is 4.74 Å². The van der Waals surface area contributed by atoms with Crippen LogP contribution in [0.5, 0.6) is 0 Å². The van der Waals surface area contributed by atoms with E-state index in [4.69, 9.17) is 11.6 Å². The molecule has 0 unspecified atom stereocenters. The molecule has 0 aliphatic heterocycles. The van der Waals surface area contributed by atoms with Crippen molar-refractivity contribution in [1.82, 2.24) is 9.97 Å². The molecule has 0 aromatic carbocycles. The van der Waals surface area contributed by atoms with Crippen molar-refractivity contribution in [2.45, 2.75) is 13.8 Å². The molecule has 0 saturated carbocycles. The van der Waals surface area contributed by atoms with Gasteiger partial charge in [-0.25, -0.2) is 9.78 Å². The maximum Gasteiger partial charge on any atom is 0.377 e. The Morgan fingerprint density at radius 3 is 2.83 bits per heavy atom. The molecule has 96 valence electrons. The summed E-state index contributed by atoms with van der Waals surface area (Å²) in [4.78, 5) is 29.8. The molecule has 1 aromatic heterocycles. The molecule has 8 heteroatoms. The van der Waals surface area contributed by atoms with E-state index in [2.05, 4.69) is 14.7 Å². The predicted molar refractivity (Wildman–Crippen MR) is 61.5 cm³/mol. The van der Waals surface area contributed by atoms with Crippen molar-refractivity contribution < 1.29 is 24.3 Å². The molecule has 0 spiro atoms. The standard InChI is InChI=1S/C10H11ClN3O4/c1-3-18-8(16)5-14(17)9-7(6(2)15)4-12-10(11)13-9/h4-5,17H,3H2,1-2H3/q+1/b14-5-. The van der Waals surface area contributed by atoms with Crippen LogP contribution in [-0.2, 0) is 9.53 Å². The fourth-order valence-electron chi connectivity index (χ4n) is 1.12. The third kappa shape index (κ3) is 3.49. The van der Waals surface area contributed by atoms with Gasteiger partial charge in [0.15, 0.2) is 5.78 Å². The summed E-state index contributed by atoms with van der Waals surface area (Å²) < 4.78 is 4.98. The summed E-state index contributed by atoms with van der Waals surface area (Å²) in [5, 5.41) is 9.49. The molecule has 1 rings (SSSR count). The lowest BCUT2D eigenvalue weighted by molar-refractivity contribution is -0.711. The van der Waals surface area contributed by atoms with Gasteiger partial charge in [-0.15, -0.1) is 0 Å². The quantitative estimate of drug-likeness (QED) is 0.167. The second kappa shape index (κ2) is 6.06. The van der Waals surface area contributed by atoms with Crippen LogP contribution < -0.4 is 0 Å². The molecule has 0 atom stereocenters. The zero-order valence-corrected chi connectivity index (χ0v) is 10.5. The number of ketones is 1. The minimum Gasteiger partial charge on any atom is -0.460 e. The molecular formula is C10H11ClN3O4+. The van der Waals surface area contributed by atoms with Crippen LogP contribution >= 0.6 is 11.6 Å². The number of nitrogens with zero attached hydrogens (tertiary/aromatic N) is 3. The summed E-state index contributed by atoms with van der Waals surface area (Å²) in [6, 6.07) is 0. The van der Waals surface area contributed by atoms with E-state index >= 15 is 0 Å². The summed E-state index contributed by atoms with van der Waals surface area (Å²) in [7, 11) is 0. The van der Waals surface area contributed by atoms with Crippen molar-refractivity contribution in [2.24, 2.45) is 0 Å². The number of hydrogen-bond acceptors (Lipinski definition) is 6. The van der Waals surface area contributed by atoms with E-state index in [0.717, 1.165) is 12.4 Å². The van der Waals surface area contributed by atoms with E-state index in [1.165, 1.54) is 6.92 Å². The maximum absolute atomic E-state index is 11.3. The van der Waals surface area contributed by atoms with Crippen molar-refractivity contribution in [3.63, 3.8) is 0 Å². The number of hydrogen-bond donors (Lipinski definition) is 1. The van der Waals surface area contributed by atoms with Crippen LogP contribution in [0, 0.1) is 0 Å². The van der Waals surface area contributed by atoms with Crippen molar-refractivity contribution in [2.75, 3.05) is 6.61 Å². The first-order valence-corrected chi connectivity index (χ1v) is 5.36. The van der Waals surface area contributed by atoms with Gasteiger partial charge in [-0.2, -0.15) is 0 Å². The van der Waals surface area contributed by atoms with Crippen LogP contribution in [0.3, 0.4) is 0 Å². The number of Topliss-reactive ketones (excluding diaryl/α,β-unsaturated/α-hetero) is 1. The third-order valence-corrected chi connectivity index (χ3v) is 2.03. The first-order valence-electron chi connectivity index (χ1n) is 4.99. The second-order valence-electron chi connectivity index (χ2n) is 3.16. The highest BCUT2D eigenvalue weighted by Crippen LogP contribution is 2.16. The summed E-state index contributed by atoms with van der Waals surface area (Å²) >= 11 is 5.56. The van der Waals surface area contributed by atoms with Gasteiger partial charge in [0, 0.05) is 0 Å². The number of carbonyl (C=O) groups excluding carboxylic acids is 2. The molecule has 1 heterocycles. The fourth-order valence-corrected chi connectivity index (χ4v) is 1.24. The molecule has 0 saturated heterocycles. The van der Waals surface area contributed by atoms with Crippen LogP contribution in [0.15, 0.2) is 6.20 Å². The summed E-state index contributed by atoms with van der Waals surface area (Å²) in [5.74, 6) is -1.34. The number of rotatable bonds is 4. The minimum absolute atomic E-state index is 0.0300. The molecule has 0 amide bonds. The topological polar surface area (TPSA) is 92.4 Å². The molecule has 0 fully saturated rings. The molecule has 0 aliphatic rings. The van der Waals surface area contributed by atoms with E-state index in [-0.39, 0.29) is 29.1 Å². The Bertz CT molecular complexity index is 516. The highest BCUT2D eigenvalue weighted by molar-refractivity contribution is 6.28. The van der Waals surface area contributed by atoms with Crippen LogP contribution in [-0.4, -0.2) is 44.5 Å². The average molecular weight is 273 g/mol. The number of esters is 1. The summed E-state index contributed by atoms with van der Waals surface area (Å²) in [5.41, 5.74) is 0.0300. The third-order valence-electron chi connectivity index (χ3n) is 1.85. The average Bonchev–Trinajstić information content (AvgIpc) is 2.28. The maximum atomic E-state index is 11.3. The largest absolute Gasteiger partial charge is 0.460 e. The highest BCUT2D eigenvalue weighted by atomic mass is 35.5. The summed E-state index contributed by atoms with van der Waals surface area (Å²) in [6.07, 6.45) is 1.91. The van der Waals surface area contributed by atoms with Gasteiger partial charge in [0.25, 0.3) is 0 Å². The number of ether oxygens (including phenoxy) is 1. The Hall–Kier alpha value is -2.02. The zero-order valence-electron chi connectivity index (χ0n) is 9.75. The van der Waals surface area contributed by atoms with Crippen molar-refractivity contribution in [3.05, 3.63) is 17.0 Å². The predicted octanol–water partition coefficient (Wildman–Crippen LogP) is 1.000. The first kappa shape index (κ1) is 14.0. The summed E-state index contributed by atoms with van der Waals surface area (Å²) in [6.45, 7) is 3.05. The van der Waals surface area contributed by atoms with Gasteiger partial charge < -0.3 is 9.94 Å². The van der Waals surface area contributed by atoms with Gasteiger partial charge in [0.2, 0.25) is 6.21 Å². The highest BCUT2D eigenvalue weighted by Gasteiger charge is 2.23. The van der Waals surface area contributed by atoms with Gasteiger partial charge in [-0.1, -0.05) is 0 Å². The van der Waals surface area contributed by atoms with E-state index in [1.54, 1.807) is 6.92 Å². The lowest BCUT2D eigenvalue weighted by Gasteiger charge is -1.99. The Balaban J connectivity index is 3.18. The van der Waals surface area contributed by atoms with Crippen LogP contribution in [0.1, 0.15) is 24.2 Å². The van der Waals surface area contributed by atoms with Crippen LogP contribution in [0.25, 0.3) is 0 Å². The molecule has 0 bridgehead atoms. The Morgan fingerprint density at radius 2 is 2.28 bits per heavy atom. The SMILES string of the molecule is CCOC(=O)/C=[N+](\O)c1nc(Cl)ncc1C(C)=O. The van der Waals surface area contributed by atoms with Gasteiger partial charge in [-0.05, 0) is 35.2 Å². The smallest absolute Gasteiger partial charge is 0.377 e. The second-order valence-corrected chi connectivity index (χ2v) is 3.50. The van der Waals surface area contributed by atoms with Crippen LogP contribution in [0.2, 0.25) is 5.28 Å². The van der Waals surface area contributed by atoms with E-state index in [1.807, 2.05) is 0 Å². The van der Waals surface area contributed by atoms with Crippen molar-refractivity contribution in [1.29, 1.82) is 0 Å². The molecular weight excluding hydrogens is 262 g/mol. The molecule has 1 N–H and O–H groups in total. The lowest BCUT2D eigenvalue weighted by Crippen LogP contribution is -2.16. The first-order chi connectivity index (χ1) is 8.45. The van der Waals surface area contributed by atoms with E-state index < -0.39 is 5.97 Å². The minimum atomic E-state index is -0.774. The van der Waals surface area contributed by atoms with Crippen molar-refractivity contribution in [3.8, 4) is 0 Å².